The number of carbonyl (C=O) groups is 3. The van der Waals surface area contributed by atoms with Gasteiger partial charge in [0.25, 0.3) is 5.79 Å². The van der Waals surface area contributed by atoms with E-state index in [9.17, 15) is 85.9 Å². The van der Waals surface area contributed by atoms with E-state index in [1.54, 1.807) is 0 Å². The summed E-state index contributed by atoms with van der Waals surface area (Å²) in [5.41, 5.74) is 0. The van der Waals surface area contributed by atoms with Crippen LogP contribution in [0.2, 0.25) is 0 Å². The van der Waals surface area contributed by atoms with Gasteiger partial charge in [0.1, 0.15) is 91.5 Å². The molecule has 4 saturated heterocycles. The van der Waals surface area contributed by atoms with E-state index in [0.717, 1.165) is 13.8 Å². The Morgan fingerprint density at radius 2 is 1.23 bits per heavy atom. The molecule has 0 saturated carbocycles. The smallest absolute Gasteiger partial charge is 0.364 e. The van der Waals surface area contributed by atoms with Crippen molar-refractivity contribution in [3.8, 4) is 0 Å². The topological polar surface area (TPSA) is 423 Å². The molecule has 4 aliphatic rings. The van der Waals surface area contributed by atoms with Crippen LogP contribution < -0.4 is 10.6 Å². The highest BCUT2D eigenvalue weighted by Gasteiger charge is 2.61. The number of nitrogens with one attached hydrogen (secondary N) is 2. The van der Waals surface area contributed by atoms with Gasteiger partial charge in [-0.3, -0.25) is 9.59 Å². The van der Waals surface area contributed by atoms with Crippen LogP contribution >= 0.6 is 0 Å². The van der Waals surface area contributed by atoms with Crippen LogP contribution in [0.4, 0.5) is 0 Å². The maximum atomic E-state index is 13.1. The Bertz CT molecular complexity index is 1350. The second-order valence-electron chi connectivity index (χ2n) is 14.0. The molecule has 16 N–H and O–H groups in total. The quantitative estimate of drug-likeness (QED) is 0.0728. The number of carbonyl (C=O) groups excluding carboxylic acids is 2. The number of aliphatic hydroxyl groups excluding tert-OH is 13. The van der Waals surface area contributed by atoms with E-state index in [1.165, 1.54) is 0 Å². The van der Waals surface area contributed by atoms with E-state index in [0.29, 0.717) is 0 Å². The Kier molecular flexibility index (Phi) is 16.4. The highest BCUT2D eigenvalue weighted by atomic mass is 16.8. The molecule has 4 aliphatic heterocycles. The Morgan fingerprint density at radius 3 is 1.77 bits per heavy atom. The molecule has 2 amide bonds. The lowest BCUT2D eigenvalue weighted by atomic mass is 9.88. The number of carboxylic acids is 1. The third-order valence-electron chi connectivity index (χ3n) is 9.98. The summed E-state index contributed by atoms with van der Waals surface area (Å²) >= 11 is 0. The molecule has 4 heterocycles. The van der Waals surface area contributed by atoms with Gasteiger partial charge in [0.2, 0.25) is 11.8 Å². The summed E-state index contributed by atoms with van der Waals surface area (Å²) in [5, 5.41) is 151. The lowest BCUT2D eigenvalue weighted by Gasteiger charge is -2.52. The van der Waals surface area contributed by atoms with E-state index in [4.69, 9.17) is 33.2 Å². The number of carboxylic acid groups (broad SMARTS) is 1. The molecule has 0 spiro atoms. The van der Waals surface area contributed by atoms with Crippen molar-refractivity contribution in [1.29, 1.82) is 0 Å². The second-order valence-corrected chi connectivity index (χ2v) is 14.0. The Balaban J connectivity index is 1.81. The fourth-order valence-corrected chi connectivity index (χ4v) is 7.05. The van der Waals surface area contributed by atoms with Crippen molar-refractivity contribution < 1.29 is 119 Å². The van der Waals surface area contributed by atoms with Crippen molar-refractivity contribution >= 4 is 17.8 Å². The van der Waals surface area contributed by atoms with Gasteiger partial charge >= 0.3 is 5.97 Å². The van der Waals surface area contributed by atoms with E-state index < -0.39 is 179 Å². The summed E-state index contributed by atoms with van der Waals surface area (Å²) in [7, 11) is 0. The van der Waals surface area contributed by atoms with Gasteiger partial charge in [0.05, 0.1) is 38.6 Å². The molecular weight excluding hydrogens is 784 g/mol. The van der Waals surface area contributed by atoms with Crippen molar-refractivity contribution in [2.24, 2.45) is 0 Å². The molecule has 4 rings (SSSR count). The van der Waals surface area contributed by atoms with Crippen LogP contribution in [0, 0.1) is 0 Å². The summed E-state index contributed by atoms with van der Waals surface area (Å²) in [4.78, 5) is 37.3. The highest BCUT2D eigenvalue weighted by Crippen LogP contribution is 2.40. The average molecular weight is 837 g/mol. The number of amides is 2. The third-order valence-corrected chi connectivity index (χ3v) is 9.98. The minimum absolute atomic E-state index is 0.806. The van der Waals surface area contributed by atoms with E-state index in [2.05, 4.69) is 10.6 Å². The zero-order valence-corrected chi connectivity index (χ0v) is 30.4. The Morgan fingerprint density at radius 1 is 0.684 bits per heavy atom. The van der Waals surface area contributed by atoms with Crippen LogP contribution in [0.3, 0.4) is 0 Å². The fourth-order valence-electron chi connectivity index (χ4n) is 7.05. The van der Waals surface area contributed by atoms with Gasteiger partial charge < -0.3 is 115 Å². The number of aliphatic hydroxyl groups is 13. The van der Waals surface area contributed by atoms with Gasteiger partial charge in [-0.2, -0.15) is 0 Å². The molecule has 26 nitrogen and oxygen atoms in total. The Labute approximate surface area is 322 Å². The number of rotatable bonds is 15. The summed E-state index contributed by atoms with van der Waals surface area (Å²) in [6.07, 6.45) is -37.0. The van der Waals surface area contributed by atoms with Gasteiger partial charge in [0, 0.05) is 20.3 Å². The monoisotopic (exact) mass is 836 g/mol. The zero-order chi connectivity index (χ0) is 42.7. The minimum Gasteiger partial charge on any atom is -0.477 e. The zero-order valence-electron chi connectivity index (χ0n) is 30.4. The van der Waals surface area contributed by atoms with Crippen molar-refractivity contribution in [3.63, 3.8) is 0 Å². The number of hydrogen-bond acceptors (Lipinski definition) is 23. The predicted molar refractivity (Wildman–Crippen MR) is 174 cm³/mol. The molecule has 0 unspecified atom stereocenters. The molecule has 0 aromatic carbocycles. The first-order valence-corrected chi connectivity index (χ1v) is 17.7. The maximum Gasteiger partial charge on any atom is 0.364 e. The number of hydrogen-bond donors (Lipinski definition) is 16. The standard InChI is InChI=1S/C31H52N2O24/c1-8(38)32-15-10(40)3-31(30(49)50,57-25(15)17(42)11(41)4-34)56-24-14(7-37)53-29(54-23-13(6-36)51-27(48)21(46)20(23)45)22(47)26(24)55-28-16(33-9(2)39)19(44)18(43)12(5-35)52-28/h10-29,34-37,40-48H,3-7H2,1-2H3,(H,32,38)(H,33,39)(H,49,50)/t10-,11+,12+,13+,14+,15+,16+,17+,18-,19+,20+,21+,22+,23+,24-,25+,26+,27+,28-,29-,31+/m0/s1. The summed E-state index contributed by atoms with van der Waals surface area (Å²) in [6, 6.07) is -3.36. The predicted octanol–water partition coefficient (Wildman–Crippen LogP) is -10.3. The highest BCUT2D eigenvalue weighted by molar-refractivity contribution is 5.76. The van der Waals surface area contributed by atoms with Gasteiger partial charge in [0.15, 0.2) is 18.9 Å². The van der Waals surface area contributed by atoms with Crippen LogP contribution in [0.25, 0.3) is 0 Å². The molecule has 0 aliphatic carbocycles. The van der Waals surface area contributed by atoms with Gasteiger partial charge in [-0.15, -0.1) is 0 Å². The second kappa shape index (κ2) is 19.8. The first-order chi connectivity index (χ1) is 26.7. The van der Waals surface area contributed by atoms with Gasteiger partial charge in [-0.1, -0.05) is 0 Å². The summed E-state index contributed by atoms with van der Waals surface area (Å²) in [6.45, 7) is -2.17. The minimum atomic E-state index is -3.17. The fraction of sp³-hybridized carbons (Fsp3) is 0.903. The first-order valence-electron chi connectivity index (χ1n) is 17.7. The molecule has 26 heteroatoms. The van der Waals surface area contributed by atoms with Crippen molar-refractivity contribution in [2.45, 2.75) is 149 Å². The number of ether oxygens (including phenoxy) is 7. The van der Waals surface area contributed by atoms with Gasteiger partial charge in [-0.05, 0) is 0 Å². The molecule has 0 aromatic heterocycles. The molecule has 57 heavy (non-hydrogen) atoms. The van der Waals surface area contributed by atoms with Gasteiger partial charge in [-0.25, -0.2) is 4.79 Å². The molecular formula is C31H52N2O24. The van der Waals surface area contributed by atoms with Crippen LogP contribution in [0.5, 0.6) is 0 Å². The number of aliphatic carboxylic acids is 1. The van der Waals surface area contributed by atoms with Crippen LogP contribution in [0.1, 0.15) is 20.3 Å². The lowest BCUT2D eigenvalue weighted by molar-refractivity contribution is -0.399. The average Bonchev–Trinajstić information content (AvgIpc) is 3.16. The summed E-state index contributed by atoms with van der Waals surface area (Å²) in [5.74, 6) is -6.85. The van der Waals surface area contributed by atoms with E-state index in [1.807, 2.05) is 0 Å². The SMILES string of the molecule is CC(=O)N[C@H]1[C@H](O[C@@H]2[C@@H](O)[C@H](O[C@H]3[C@H](O)[C@@H](O)[C@H](O)O[C@@H]3CO)O[C@H](CO)[C@@H]2O[C@]2(C(=O)O)C[C@H](O)[C@@H](NC(C)=O)[C@H]([C@H](O)[C@H](O)CO)O2)O[C@H](CO)[C@H](O)[C@@H]1O. The normalized spacial score (nSPS) is 45.1. The third kappa shape index (κ3) is 10.2. The molecule has 330 valence electrons. The van der Waals surface area contributed by atoms with Crippen LogP contribution in [0.15, 0.2) is 0 Å². The lowest BCUT2D eigenvalue weighted by Crippen LogP contribution is -2.72. The van der Waals surface area contributed by atoms with Crippen molar-refractivity contribution in [2.75, 3.05) is 26.4 Å². The summed E-state index contributed by atoms with van der Waals surface area (Å²) < 4.78 is 39.7. The van der Waals surface area contributed by atoms with E-state index >= 15 is 0 Å². The molecule has 0 aromatic rings. The molecule has 4 fully saturated rings. The van der Waals surface area contributed by atoms with E-state index in [-0.39, 0.29) is 0 Å². The Hall–Kier alpha value is -2.39. The largest absolute Gasteiger partial charge is 0.477 e. The van der Waals surface area contributed by atoms with Crippen LogP contribution in [-0.4, -0.2) is 244 Å². The van der Waals surface area contributed by atoms with Crippen molar-refractivity contribution in [1.82, 2.24) is 10.6 Å². The molecule has 21 atom stereocenters. The van der Waals surface area contributed by atoms with Crippen LogP contribution in [-0.2, 0) is 47.5 Å². The molecule has 0 radical (unpaired) electrons. The molecule has 0 bridgehead atoms. The first kappa shape index (κ1) is 47.3. The van der Waals surface area contributed by atoms with Crippen molar-refractivity contribution in [3.05, 3.63) is 0 Å². The maximum absolute atomic E-state index is 13.1.